The van der Waals surface area contributed by atoms with Gasteiger partial charge >= 0.3 is 0 Å². The van der Waals surface area contributed by atoms with Gasteiger partial charge in [-0.15, -0.1) is 5.73 Å². The van der Waals surface area contributed by atoms with E-state index in [2.05, 4.69) is 31.7 Å². The predicted octanol–water partition coefficient (Wildman–Crippen LogP) is 3.07. The van der Waals surface area contributed by atoms with Gasteiger partial charge in [-0.3, -0.25) is 0 Å². The third-order valence-electron chi connectivity index (χ3n) is 1.57. The van der Waals surface area contributed by atoms with Crippen LogP contribution in [0.3, 0.4) is 0 Å². The van der Waals surface area contributed by atoms with Crippen LogP contribution in [0, 0.1) is 5.92 Å². The van der Waals surface area contributed by atoms with Crippen LogP contribution in [0.1, 0.15) is 26.7 Å². The van der Waals surface area contributed by atoms with E-state index in [1.807, 2.05) is 6.08 Å². The van der Waals surface area contributed by atoms with Crippen molar-refractivity contribution < 1.29 is 0 Å². The second-order valence-corrected chi connectivity index (χ2v) is 3.16. The van der Waals surface area contributed by atoms with Crippen molar-refractivity contribution in [3.63, 3.8) is 0 Å². The first kappa shape index (κ1) is 7.37. The molecule has 0 aliphatic heterocycles. The van der Waals surface area contributed by atoms with E-state index >= 15 is 0 Å². The molecule has 54 valence electrons. The van der Waals surface area contributed by atoms with Gasteiger partial charge in [-0.25, -0.2) is 0 Å². The van der Waals surface area contributed by atoms with Gasteiger partial charge in [0, 0.05) is 0 Å². The van der Waals surface area contributed by atoms with E-state index in [1.165, 1.54) is 12.0 Å². The van der Waals surface area contributed by atoms with E-state index in [4.69, 9.17) is 0 Å². The molecule has 0 saturated carbocycles. The summed E-state index contributed by atoms with van der Waals surface area (Å²) in [6, 6.07) is 0. The SMILES string of the molecule is CC(C)CC1=CC=C=CC1. The van der Waals surface area contributed by atoms with Gasteiger partial charge < -0.3 is 0 Å². The van der Waals surface area contributed by atoms with Crippen molar-refractivity contribution in [3.8, 4) is 0 Å². The molecule has 0 aromatic rings. The summed E-state index contributed by atoms with van der Waals surface area (Å²) in [7, 11) is 0. The minimum Gasteiger partial charge on any atom is -0.125 e. The third-order valence-corrected chi connectivity index (χ3v) is 1.57. The first-order valence-corrected chi connectivity index (χ1v) is 3.88. The van der Waals surface area contributed by atoms with E-state index in [0.717, 1.165) is 12.3 Å². The molecule has 0 fully saturated rings. The Bertz CT molecular complexity index is 188. The van der Waals surface area contributed by atoms with Crippen molar-refractivity contribution in [2.24, 2.45) is 5.92 Å². The molecule has 0 heteroatoms. The Balaban J connectivity index is 2.45. The highest BCUT2D eigenvalue weighted by Crippen LogP contribution is 2.16. The largest absolute Gasteiger partial charge is 0.125 e. The van der Waals surface area contributed by atoms with Gasteiger partial charge in [0.1, 0.15) is 0 Å². The molecule has 0 nitrogen and oxygen atoms in total. The maximum Gasteiger partial charge on any atom is -0.00591 e. The third kappa shape index (κ3) is 2.24. The van der Waals surface area contributed by atoms with Crippen molar-refractivity contribution in [2.45, 2.75) is 26.7 Å². The zero-order chi connectivity index (χ0) is 7.40. The average Bonchev–Trinajstić information content (AvgIpc) is 1.88. The van der Waals surface area contributed by atoms with Crippen LogP contribution in [0.15, 0.2) is 29.5 Å². The monoisotopic (exact) mass is 134 g/mol. The van der Waals surface area contributed by atoms with Gasteiger partial charge in [0.05, 0.1) is 0 Å². The minimum absolute atomic E-state index is 0.783. The Labute approximate surface area is 62.9 Å². The van der Waals surface area contributed by atoms with E-state index < -0.39 is 0 Å². The van der Waals surface area contributed by atoms with Gasteiger partial charge in [-0.05, 0) is 30.9 Å². The van der Waals surface area contributed by atoms with Crippen LogP contribution in [0.25, 0.3) is 0 Å². The fraction of sp³-hybridized carbons (Fsp3) is 0.500. The predicted molar refractivity (Wildman–Crippen MR) is 44.8 cm³/mol. The Morgan fingerprint density at radius 1 is 1.60 bits per heavy atom. The molecule has 0 spiro atoms. The normalized spacial score (nSPS) is 16.1. The lowest BCUT2D eigenvalue weighted by Crippen LogP contribution is -1.91. The molecule has 0 aromatic heterocycles. The number of rotatable bonds is 2. The summed E-state index contributed by atoms with van der Waals surface area (Å²) in [6.07, 6.45) is 8.61. The summed E-state index contributed by atoms with van der Waals surface area (Å²) in [5, 5.41) is 0. The Morgan fingerprint density at radius 2 is 2.40 bits per heavy atom. The zero-order valence-corrected chi connectivity index (χ0v) is 6.72. The molecule has 1 aliphatic rings. The lowest BCUT2D eigenvalue weighted by molar-refractivity contribution is 0.635. The highest BCUT2D eigenvalue weighted by Gasteiger charge is 1.99. The number of hydrogen-bond donors (Lipinski definition) is 0. The van der Waals surface area contributed by atoms with Crippen LogP contribution in [0.4, 0.5) is 0 Å². The molecule has 0 saturated heterocycles. The van der Waals surface area contributed by atoms with Gasteiger partial charge in [-0.2, -0.15) is 0 Å². The van der Waals surface area contributed by atoms with E-state index in [-0.39, 0.29) is 0 Å². The molecule has 1 aliphatic carbocycles. The van der Waals surface area contributed by atoms with Crippen molar-refractivity contribution in [3.05, 3.63) is 29.5 Å². The Kier molecular flexibility index (Phi) is 2.53. The molecule has 0 amide bonds. The van der Waals surface area contributed by atoms with Crippen LogP contribution >= 0.6 is 0 Å². The van der Waals surface area contributed by atoms with E-state index in [9.17, 15) is 0 Å². The Hall–Kier alpha value is -0.740. The van der Waals surface area contributed by atoms with Crippen molar-refractivity contribution in [1.29, 1.82) is 0 Å². The smallest absolute Gasteiger partial charge is 0.00591 e. The quantitative estimate of drug-likeness (QED) is 0.509. The first-order valence-electron chi connectivity index (χ1n) is 3.88. The molecule has 0 N–H and O–H groups in total. The van der Waals surface area contributed by atoms with Crippen molar-refractivity contribution in [2.75, 3.05) is 0 Å². The number of hydrogen-bond acceptors (Lipinski definition) is 0. The fourth-order valence-electron chi connectivity index (χ4n) is 1.17. The summed E-state index contributed by atoms with van der Waals surface area (Å²) in [5.41, 5.74) is 4.60. The minimum atomic E-state index is 0.783. The van der Waals surface area contributed by atoms with Crippen LogP contribution in [0.2, 0.25) is 0 Å². The van der Waals surface area contributed by atoms with Crippen LogP contribution < -0.4 is 0 Å². The van der Waals surface area contributed by atoms with Crippen molar-refractivity contribution >= 4 is 0 Å². The molecule has 0 aromatic carbocycles. The van der Waals surface area contributed by atoms with E-state index in [0.29, 0.717) is 0 Å². The summed E-state index contributed by atoms with van der Waals surface area (Å²) < 4.78 is 0. The molecule has 0 atom stereocenters. The molecular weight excluding hydrogens is 120 g/mol. The van der Waals surface area contributed by atoms with Gasteiger partial charge in [-0.1, -0.05) is 25.5 Å². The average molecular weight is 134 g/mol. The molecular formula is C10H14. The molecule has 1 rings (SSSR count). The zero-order valence-electron chi connectivity index (χ0n) is 6.72. The Morgan fingerprint density at radius 3 is 2.90 bits per heavy atom. The number of allylic oxidation sites excluding steroid dienone is 3. The summed E-state index contributed by atoms with van der Waals surface area (Å²) in [6.45, 7) is 4.51. The topological polar surface area (TPSA) is 0 Å². The molecule has 0 unspecified atom stereocenters. The fourth-order valence-corrected chi connectivity index (χ4v) is 1.17. The highest BCUT2D eigenvalue weighted by molar-refractivity contribution is 5.19. The lowest BCUT2D eigenvalue weighted by Gasteiger charge is -2.07. The lowest BCUT2D eigenvalue weighted by atomic mass is 9.99. The van der Waals surface area contributed by atoms with Gasteiger partial charge in [0.25, 0.3) is 0 Å². The van der Waals surface area contributed by atoms with Gasteiger partial charge in [0.2, 0.25) is 0 Å². The maximum absolute atomic E-state index is 3.06. The second-order valence-electron chi connectivity index (χ2n) is 3.16. The van der Waals surface area contributed by atoms with Crippen molar-refractivity contribution in [1.82, 2.24) is 0 Å². The molecule has 0 heterocycles. The summed E-state index contributed by atoms with van der Waals surface area (Å²) in [5.74, 6) is 0.783. The van der Waals surface area contributed by atoms with Gasteiger partial charge in [0.15, 0.2) is 0 Å². The van der Waals surface area contributed by atoms with E-state index in [1.54, 1.807) is 0 Å². The first-order chi connectivity index (χ1) is 4.79. The summed E-state index contributed by atoms with van der Waals surface area (Å²) in [4.78, 5) is 0. The van der Waals surface area contributed by atoms with Crippen LogP contribution in [-0.4, -0.2) is 0 Å². The molecule has 0 radical (unpaired) electrons. The second kappa shape index (κ2) is 3.43. The summed E-state index contributed by atoms with van der Waals surface area (Å²) >= 11 is 0. The molecule has 10 heavy (non-hydrogen) atoms. The molecule has 0 bridgehead atoms. The highest BCUT2D eigenvalue weighted by atomic mass is 14.0. The van der Waals surface area contributed by atoms with Crippen LogP contribution in [0.5, 0.6) is 0 Å². The van der Waals surface area contributed by atoms with Crippen LogP contribution in [-0.2, 0) is 0 Å². The standard InChI is InChI=1S/C10H14/c1-9(2)8-10-6-4-3-5-7-10/h4-6,9H,7-8H2,1-2H3. The maximum atomic E-state index is 3.06.